The van der Waals surface area contributed by atoms with Crippen molar-refractivity contribution in [2.24, 2.45) is 0 Å². The number of benzene rings is 1. The predicted octanol–water partition coefficient (Wildman–Crippen LogP) is 3.57. The average Bonchev–Trinajstić information content (AvgIpc) is 2.81. The second-order valence-corrected chi connectivity index (χ2v) is 5.14. The van der Waals surface area contributed by atoms with Crippen molar-refractivity contribution in [3.8, 4) is 5.75 Å². The van der Waals surface area contributed by atoms with Gasteiger partial charge in [0.2, 0.25) is 0 Å². The van der Waals surface area contributed by atoms with Crippen LogP contribution in [0.2, 0.25) is 0 Å². The van der Waals surface area contributed by atoms with Crippen molar-refractivity contribution in [1.29, 1.82) is 0 Å². The Balaban J connectivity index is 1.95. The summed E-state index contributed by atoms with van der Waals surface area (Å²) in [5, 5.41) is 3.25. The van der Waals surface area contributed by atoms with Gasteiger partial charge in [0.05, 0.1) is 12.8 Å². The Morgan fingerprint density at radius 3 is 3.00 bits per heavy atom. The van der Waals surface area contributed by atoms with Crippen molar-refractivity contribution in [3.63, 3.8) is 0 Å². The molecule has 3 nitrogen and oxygen atoms in total. The van der Waals surface area contributed by atoms with Crippen LogP contribution in [0.3, 0.4) is 0 Å². The fourth-order valence-electron chi connectivity index (χ4n) is 1.61. The van der Waals surface area contributed by atoms with Crippen LogP contribution in [0.25, 0.3) is 0 Å². The summed E-state index contributed by atoms with van der Waals surface area (Å²) in [4.78, 5) is 0. The Morgan fingerprint density at radius 2 is 2.22 bits per heavy atom. The van der Waals surface area contributed by atoms with Gasteiger partial charge in [-0.25, -0.2) is 0 Å². The van der Waals surface area contributed by atoms with Crippen molar-refractivity contribution >= 4 is 22.6 Å². The molecule has 4 heteroatoms. The largest absolute Gasteiger partial charge is 0.489 e. The number of rotatable bonds is 6. The summed E-state index contributed by atoms with van der Waals surface area (Å²) in [6.07, 6.45) is 1.71. The molecule has 1 heterocycles. The van der Waals surface area contributed by atoms with E-state index in [1.54, 1.807) is 6.26 Å². The Morgan fingerprint density at radius 1 is 1.33 bits per heavy atom. The molecule has 1 aromatic carbocycles. The third-order valence-electron chi connectivity index (χ3n) is 2.56. The maximum atomic E-state index is 5.76. The van der Waals surface area contributed by atoms with Gasteiger partial charge in [0, 0.05) is 9.13 Å². The summed E-state index contributed by atoms with van der Waals surface area (Å²) in [5.41, 5.74) is 1.09. The first kappa shape index (κ1) is 13.4. The summed E-state index contributed by atoms with van der Waals surface area (Å²) < 4.78 is 12.4. The smallest absolute Gasteiger partial charge is 0.124 e. The highest BCUT2D eigenvalue weighted by molar-refractivity contribution is 14.1. The molecule has 0 amide bonds. The summed E-state index contributed by atoms with van der Waals surface area (Å²) in [7, 11) is 0. The lowest BCUT2D eigenvalue weighted by Crippen LogP contribution is -2.12. The van der Waals surface area contributed by atoms with E-state index in [1.165, 1.54) is 3.57 Å². The van der Waals surface area contributed by atoms with Gasteiger partial charge < -0.3 is 14.5 Å². The fourth-order valence-corrected chi connectivity index (χ4v) is 2.12. The van der Waals surface area contributed by atoms with Gasteiger partial charge in [0.1, 0.15) is 18.1 Å². The molecule has 2 aromatic rings. The van der Waals surface area contributed by atoms with Crippen molar-refractivity contribution in [2.45, 2.75) is 20.1 Å². The number of halogens is 1. The molecule has 0 atom stereocenters. The van der Waals surface area contributed by atoms with Crippen LogP contribution in [0.5, 0.6) is 5.75 Å². The van der Waals surface area contributed by atoms with E-state index in [0.717, 1.165) is 30.2 Å². The van der Waals surface area contributed by atoms with Gasteiger partial charge in [-0.2, -0.15) is 0 Å². The lowest BCUT2D eigenvalue weighted by Gasteiger charge is -2.07. The zero-order chi connectivity index (χ0) is 12.8. The minimum atomic E-state index is 0.539. The lowest BCUT2D eigenvalue weighted by molar-refractivity contribution is 0.301. The number of furan rings is 1. The van der Waals surface area contributed by atoms with Gasteiger partial charge in [-0.1, -0.05) is 13.0 Å². The van der Waals surface area contributed by atoms with Gasteiger partial charge in [-0.3, -0.25) is 0 Å². The van der Waals surface area contributed by atoms with Crippen LogP contribution >= 0.6 is 22.6 Å². The minimum Gasteiger partial charge on any atom is -0.489 e. The van der Waals surface area contributed by atoms with E-state index in [-0.39, 0.29) is 0 Å². The van der Waals surface area contributed by atoms with Crippen LogP contribution < -0.4 is 10.1 Å². The quantitative estimate of drug-likeness (QED) is 0.803. The highest BCUT2D eigenvalue weighted by atomic mass is 127. The third kappa shape index (κ3) is 3.74. The van der Waals surface area contributed by atoms with Crippen LogP contribution in [-0.2, 0) is 13.2 Å². The molecule has 0 saturated carbocycles. The molecule has 0 aliphatic rings. The van der Waals surface area contributed by atoms with E-state index < -0.39 is 0 Å². The molecule has 0 aliphatic heterocycles. The molecule has 0 radical (unpaired) electrons. The highest BCUT2D eigenvalue weighted by Gasteiger charge is 2.06. The Bertz CT molecular complexity index is 496. The SMILES string of the molecule is CCNCc1occc1COc1cccc(I)c1. The van der Waals surface area contributed by atoms with Gasteiger partial charge in [0.25, 0.3) is 0 Å². The van der Waals surface area contributed by atoms with Crippen LogP contribution in [0, 0.1) is 3.57 Å². The predicted molar refractivity (Wildman–Crippen MR) is 79.6 cm³/mol. The van der Waals surface area contributed by atoms with E-state index in [0.29, 0.717) is 6.61 Å². The van der Waals surface area contributed by atoms with Gasteiger partial charge >= 0.3 is 0 Å². The van der Waals surface area contributed by atoms with Crippen molar-refractivity contribution in [1.82, 2.24) is 5.32 Å². The summed E-state index contributed by atoms with van der Waals surface area (Å²) in [6, 6.07) is 9.98. The molecule has 2 rings (SSSR count). The van der Waals surface area contributed by atoms with Crippen LogP contribution in [0.1, 0.15) is 18.2 Å². The van der Waals surface area contributed by atoms with Gasteiger partial charge in [0.15, 0.2) is 0 Å². The van der Waals surface area contributed by atoms with E-state index in [1.807, 2.05) is 30.3 Å². The summed E-state index contributed by atoms with van der Waals surface area (Å²) in [6.45, 7) is 4.29. The third-order valence-corrected chi connectivity index (χ3v) is 3.23. The normalized spacial score (nSPS) is 10.6. The van der Waals surface area contributed by atoms with Crippen LogP contribution in [0.15, 0.2) is 41.0 Å². The maximum Gasteiger partial charge on any atom is 0.124 e. The topological polar surface area (TPSA) is 34.4 Å². The molecule has 1 aromatic heterocycles. The van der Waals surface area contributed by atoms with E-state index >= 15 is 0 Å². The van der Waals surface area contributed by atoms with Crippen molar-refractivity contribution in [2.75, 3.05) is 6.54 Å². The van der Waals surface area contributed by atoms with Crippen LogP contribution in [0.4, 0.5) is 0 Å². The molecule has 0 spiro atoms. The number of hydrogen-bond acceptors (Lipinski definition) is 3. The first-order valence-corrected chi connectivity index (χ1v) is 7.02. The molecule has 96 valence electrons. The second-order valence-electron chi connectivity index (χ2n) is 3.90. The second kappa shape index (κ2) is 6.80. The van der Waals surface area contributed by atoms with E-state index in [9.17, 15) is 0 Å². The first-order chi connectivity index (χ1) is 8.79. The van der Waals surface area contributed by atoms with E-state index in [4.69, 9.17) is 9.15 Å². The first-order valence-electron chi connectivity index (χ1n) is 5.94. The molecule has 1 N–H and O–H groups in total. The number of hydrogen-bond donors (Lipinski definition) is 1. The Kier molecular flexibility index (Phi) is 5.07. The minimum absolute atomic E-state index is 0.539. The van der Waals surface area contributed by atoms with Crippen molar-refractivity contribution < 1.29 is 9.15 Å². The maximum absolute atomic E-state index is 5.76. The monoisotopic (exact) mass is 357 g/mol. The molecule has 0 saturated heterocycles. The zero-order valence-corrected chi connectivity index (χ0v) is 12.4. The molecular weight excluding hydrogens is 341 g/mol. The van der Waals surface area contributed by atoms with Gasteiger partial charge in [-0.05, 0) is 53.4 Å². The fraction of sp³-hybridized carbons (Fsp3) is 0.286. The molecule has 0 unspecified atom stereocenters. The average molecular weight is 357 g/mol. The molecular formula is C14H16INO2. The van der Waals surface area contributed by atoms with E-state index in [2.05, 4.69) is 34.8 Å². The number of nitrogens with one attached hydrogen (secondary N) is 1. The lowest BCUT2D eigenvalue weighted by atomic mass is 10.2. The molecule has 18 heavy (non-hydrogen) atoms. The molecule has 0 fully saturated rings. The Hall–Kier alpha value is -1.01. The standard InChI is InChI=1S/C14H16INO2/c1-2-16-9-14-11(6-7-17-14)10-18-13-5-3-4-12(15)8-13/h3-8,16H,2,9-10H2,1H3. The highest BCUT2D eigenvalue weighted by Crippen LogP contribution is 2.18. The van der Waals surface area contributed by atoms with Crippen LogP contribution in [-0.4, -0.2) is 6.54 Å². The summed E-state index contributed by atoms with van der Waals surface area (Å²) in [5.74, 6) is 1.83. The number of ether oxygens (including phenoxy) is 1. The van der Waals surface area contributed by atoms with Gasteiger partial charge in [-0.15, -0.1) is 0 Å². The van der Waals surface area contributed by atoms with Crippen molar-refractivity contribution in [3.05, 3.63) is 51.5 Å². The zero-order valence-electron chi connectivity index (χ0n) is 10.3. The summed E-state index contributed by atoms with van der Waals surface area (Å²) >= 11 is 2.28. The Labute approximate surface area is 121 Å². The molecule has 0 bridgehead atoms. The molecule has 0 aliphatic carbocycles.